The molecule has 0 aromatic heterocycles. The van der Waals surface area contributed by atoms with Gasteiger partial charge in [0.1, 0.15) is 6.10 Å². The Morgan fingerprint density at radius 3 is 2.89 bits per heavy atom. The molecule has 1 aromatic carbocycles. The summed E-state index contributed by atoms with van der Waals surface area (Å²) in [5.41, 5.74) is 0.653. The number of epoxide rings is 1. The summed E-state index contributed by atoms with van der Waals surface area (Å²) in [7, 11) is 0. The van der Waals surface area contributed by atoms with Crippen LogP contribution >= 0.6 is 0 Å². The maximum absolute atomic E-state index is 11.5. The van der Waals surface area contributed by atoms with Crippen molar-refractivity contribution in [2.24, 2.45) is 0 Å². The first-order chi connectivity index (χ1) is 9.27. The van der Waals surface area contributed by atoms with Crippen LogP contribution in [0.15, 0.2) is 30.3 Å². The van der Waals surface area contributed by atoms with Gasteiger partial charge in [-0.2, -0.15) is 0 Å². The van der Waals surface area contributed by atoms with Crippen molar-refractivity contribution < 1.29 is 19.0 Å². The molecule has 0 amide bonds. The largest absolute Gasteiger partial charge is 0.508 e. The van der Waals surface area contributed by atoms with Crippen LogP contribution in [0, 0.1) is 0 Å². The molecule has 4 heteroatoms. The van der Waals surface area contributed by atoms with Gasteiger partial charge in [0.15, 0.2) is 5.60 Å². The molecule has 0 bridgehead atoms. The maximum atomic E-state index is 11.5. The lowest BCUT2D eigenvalue weighted by atomic mass is 9.81. The van der Waals surface area contributed by atoms with E-state index >= 15 is 0 Å². The molecule has 3 atom stereocenters. The molecule has 0 spiro atoms. The van der Waals surface area contributed by atoms with Gasteiger partial charge in [-0.15, -0.1) is 0 Å². The van der Waals surface area contributed by atoms with Crippen molar-refractivity contribution in [3.63, 3.8) is 0 Å². The third-order valence-electron chi connectivity index (χ3n) is 3.89. The summed E-state index contributed by atoms with van der Waals surface area (Å²) in [6.07, 6.45) is 2.19. The Hall–Kier alpha value is -1.55. The van der Waals surface area contributed by atoms with Gasteiger partial charge in [0, 0.05) is 0 Å². The fourth-order valence-electron chi connectivity index (χ4n) is 3.01. The van der Waals surface area contributed by atoms with Gasteiger partial charge in [-0.3, -0.25) is 0 Å². The predicted molar refractivity (Wildman–Crippen MR) is 68.7 cm³/mol. The molecule has 2 fully saturated rings. The van der Waals surface area contributed by atoms with Crippen molar-refractivity contribution in [2.75, 3.05) is 6.61 Å². The summed E-state index contributed by atoms with van der Waals surface area (Å²) in [5, 5.41) is 0. The summed E-state index contributed by atoms with van der Waals surface area (Å²) >= 11 is 0. The number of hydrogen-bond donors (Lipinski definition) is 0. The number of carbonyl (C=O) groups excluding carboxylic acids is 1. The molecule has 4 nitrogen and oxygen atoms in total. The molecule has 102 valence electrons. The van der Waals surface area contributed by atoms with Gasteiger partial charge >= 0.3 is 6.16 Å². The lowest BCUT2D eigenvalue weighted by Crippen LogP contribution is -2.37. The number of carbonyl (C=O) groups is 1. The quantitative estimate of drug-likeness (QED) is 0.620. The fourth-order valence-corrected chi connectivity index (χ4v) is 3.01. The van der Waals surface area contributed by atoms with Crippen LogP contribution in [0.1, 0.15) is 31.7 Å². The SMILES string of the molecule is CCOC(=O)O[C@@H]1CCC[C@H]2O[C@@]12c1ccccc1. The third kappa shape index (κ3) is 2.10. The molecule has 2 aliphatic rings. The molecule has 1 aliphatic carbocycles. The summed E-state index contributed by atoms with van der Waals surface area (Å²) in [4.78, 5) is 11.5. The molecule has 1 aliphatic heterocycles. The molecule has 0 radical (unpaired) electrons. The van der Waals surface area contributed by atoms with Crippen LogP contribution in [0.25, 0.3) is 0 Å². The van der Waals surface area contributed by atoms with Crippen LogP contribution in [-0.2, 0) is 19.8 Å². The first-order valence-corrected chi connectivity index (χ1v) is 6.84. The standard InChI is InChI=1S/C15H18O4/c1-2-17-14(16)18-12-9-6-10-13-15(12,19-13)11-7-4-3-5-8-11/h3-5,7-8,12-13H,2,6,9-10H2,1H3/t12-,13-,15+/m1/s1. The van der Waals surface area contributed by atoms with Gasteiger partial charge in [-0.25, -0.2) is 4.79 Å². The lowest BCUT2D eigenvalue weighted by molar-refractivity contribution is -0.0132. The molecule has 1 saturated heterocycles. The third-order valence-corrected chi connectivity index (χ3v) is 3.89. The molecule has 1 heterocycles. The predicted octanol–water partition coefficient (Wildman–Crippen LogP) is 3.01. The van der Waals surface area contributed by atoms with Crippen molar-refractivity contribution in [1.29, 1.82) is 0 Å². The van der Waals surface area contributed by atoms with Crippen molar-refractivity contribution in [3.8, 4) is 0 Å². The highest BCUT2D eigenvalue weighted by Gasteiger charge is 2.65. The Bertz CT molecular complexity index is 458. The zero-order chi connectivity index (χ0) is 13.3. The van der Waals surface area contributed by atoms with Gasteiger partial charge in [0.2, 0.25) is 0 Å². The minimum Gasteiger partial charge on any atom is -0.435 e. The van der Waals surface area contributed by atoms with E-state index < -0.39 is 11.8 Å². The molecule has 0 N–H and O–H groups in total. The Balaban J connectivity index is 1.81. The van der Waals surface area contributed by atoms with E-state index in [0.717, 1.165) is 24.8 Å². The van der Waals surface area contributed by atoms with Crippen LogP contribution in [0.4, 0.5) is 4.79 Å². The highest BCUT2D eigenvalue weighted by atomic mass is 16.7. The number of benzene rings is 1. The zero-order valence-corrected chi connectivity index (χ0v) is 11.0. The molecule has 0 unspecified atom stereocenters. The highest BCUT2D eigenvalue weighted by molar-refractivity contribution is 5.60. The number of hydrogen-bond acceptors (Lipinski definition) is 4. The number of fused-ring (bicyclic) bond motifs is 1. The fraction of sp³-hybridized carbons (Fsp3) is 0.533. The Morgan fingerprint density at radius 1 is 1.37 bits per heavy atom. The second kappa shape index (κ2) is 4.85. The number of ether oxygens (including phenoxy) is 3. The topological polar surface area (TPSA) is 48.1 Å². The second-order valence-electron chi connectivity index (χ2n) is 4.99. The summed E-state index contributed by atoms with van der Waals surface area (Å²) in [5.74, 6) is 0. The van der Waals surface area contributed by atoms with Gasteiger partial charge in [0.25, 0.3) is 0 Å². The Morgan fingerprint density at radius 2 is 2.16 bits per heavy atom. The smallest absolute Gasteiger partial charge is 0.435 e. The van der Waals surface area contributed by atoms with Crippen LogP contribution in [0.3, 0.4) is 0 Å². The zero-order valence-electron chi connectivity index (χ0n) is 11.0. The van der Waals surface area contributed by atoms with E-state index in [1.54, 1.807) is 6.92 Å². The van der Waals surface area contributed by atoms with Gasteiger partial charge < -0.3 is 14.2 Å². The number of rotatable bonds is 3. The average molecular weight is 262 g/mol. The Labute approximate surface area is 112 Å². The van der Waals surface area contributed by atoms with E-state index in [1.165, 1.54) is 0 Å². The van der Waals surface area contributed by atoms with Crippen molar-refractivity contribution in [2.45, 2.75) is 44.0 Å². The normalized spacial score (nSPS) is 32.3. The molecular weight excluding hydrogens is 244 g/mol. The molecule has 19 heavy (non-hydrogen) atoms. The van der Waals surface area contributed by atoms with Crippen LogP contribution in [-0.4, -0.2) is 25.0 Å². The van der Waals surface area contributed by atoms with E-state index in [9.17, 15) is 4.79 Å². The van der Waals surface area contributed by atoms with Crippen LogP contribution in [0.2, 0.25) is 0 Å². The Kier molecular flexibility index (Phi) is 3.19. The summed E-state index contributed by atoms with van der Waals surface area (Å²) in [6.45, 7) is 2.10. The van der Waals surface area contributed by atoms with Crippen LogP contribution in [0.5, 0.6) is 0 Å². The highest BCUT2D eigenvalue weighted by Crippen LogP contribution is 2.56. The lowest BCUT2D eigenvalue weighted by Gasteiger charge is -2.27. The van der Waals surface area contributed by atoms with Gasteiger partial charge in [-0.1, -0.05) is 30.3 Å². The van der Waals surface area contributed by atoms with Crippen molar-refractivity contribution >= 4 is 6.16 Å². The van der Waals surface area contributed by atoms with E-state index in [0.29, 0.717) is 6.61 Å². The molecular formula is C15H18O4. The molecule has 1 saturated carbocycles. The average Bonchev–Trinajstić information content (AvgIpc) is 3.17. The molecule has 3 rings (SSSR count). The second-order valence-corrected chi connectivity index (χ2v) is 4.99. The van der Waals surface area contributed by atoms with Crippen LogP contribution < -0.4 is 0 Å². The van der Waals surface area contributed by atoms with Gasteiger partial charge in [-0.05, 0) is 31.7 Å². The monoisotopic (exact) mass is 262 g/mol. The van der Waals surface area contributed by atoms with E-state index in [-0.39, 0.29) is 12.2 Å². The summed E-state index contributed by atoms with van der Waals surface area (Å²) in [6, 6.07) is 10.0. The van der Waals surface area contributed by atoms with E-state index in [1.807, 2.05) is 30.3 Å². The van der Waals surface area contributed by atoms with E-state index in [4.69, 9.17) is 14.2 Å². The first kappa shape index (κ1) is 12.5. The minimum atomic E-state index is -0.598. The minimum absolute atomic E-state index is 0.170. The van der Waals surface area contributed by atoms with Crippen molar-refractivity contribution in [1.82, 2.24) is 0 Å². The van der Waals surface area contributed by atoms with E-state index in [2.05, 4.69) is 0 Å². The maximum Gasteiger partial charge on any atom is 0.508 e. The van der Waals surface area contributed by atoms with Gasteiger partial charge in [0.05, 0.1) is 12.7 Å². The molecule has 1 aromatic rings. The summed E-state index contributed by atoms with van der Waals surface area (Å²) < 4.78 is 16.2. The van der Waals surface area contributed by atoms with Crippen molar-refractivity contribution in [3.05, 3.63) is 35.9 Å². The first-order valence-electron chi connectivity index (χ1n) is 6.84.